The zero-order valence-electron chi connectivity index (χ0n) is 10.4. The smallest absolute Gasteiger partial charge is 0.0991 e. The Morgan fingerprint density at radius 1 is 1.24 bits per heavy atom. The lowest BCUT2D eigenvalue weighted by molar-refractivity contribution is 0.132. The molecule has 0 atom stereocenters. The van der Waals surface area contributed by atoms with Gasteiger partial charge in [0.25, 0.3) is 0 Å². The maximum absolute atomic E-state index is 8.67. The highest BCUT2D eigenvalue weighted by atomic mass is 16.5. The van der Waals surface area contributed by atoms with Gasteiger partial charge in [-0.15, -0.1) is 0 Å². The Labute approximate surface area is 103 Å². The molecule has 0 aromatic heterocycles. The predicted molar refractivity (Wildman–Crippen MR) is 68.6 cm³/mol. The van der Waals surface area contributed by atoms with Crippen LogP contribution >= 0.6 is 0 Å². The van der Waals surface area contributed by atoms with Crippen LogP contribution in [-0.2, 0) is 11.3 Å². The van der Waals surface area contributed by atoms with Crippen LogP contribution in [0, 0.1) is 11.3 Å². The van der Waals surface area contributed by atoms with E-state index in [2.05, 4.69) is 18.3 Å². The summed E-state index contributed by atoms with van der Waals surface area (Å²) < 4.78 is 5.39. The molecular weight excluding hydrogens is 212 g/mol. The summed E-state index contributed by atoms with van der Waals surface area (Å²) in [6.07, 6.45) is 2.12. The average molecular weight is 232 g/mol. The van der Waals surface area contributed by atoms with Crippen LogP contribution in [0.1, 0.15) is 30.9 Å². The highest BCUT2D eigenvalue weighted by Gasteiger charge is 1.94. The molecule has 1 rings (SSSR count). The van der Waals surface area contributed by atoms with Crippen molar-refractivity contribution in [2.75, 3.05) is 19.8 Å². The third-order valence-electron chi connectivity index (χ3n) is 2.40. The molecule has 0 spiro atoms. The van der Waals surface area contributed by atoms with Crippen LogP contribution < -0.4 is 5.32 Å². The molecule has 0 aliphatic carbocycles. The maximum Gasteiger partial charge on any atom is 0.0991 e. The first kappa shape index (κ1) is 13.7. The minimum absolute atomic E-state index is 0.710. The van der Waals surface area contributed by atoms with E-state index in [0.29, 0.717) is 5.56 Å². The van der Waals surface area contributed by atoms with E-state index in [1.54, 1.807) is 0 Å². The summed E-state index contributed by atoms with van der Waals surface area (Å²) in [5, 5.41) is 12.0. The number of ether oxygens (including phenoxy) is 1. The molecule has 0 aliphatic rings. The SMILES string of the molecule is CCCOCCCNCc1ccc(C#N)cc1. The summed E-state index contributed by atoms with van der Waals surface area (Å²) in [4.78, 5) is 0. The van der Waals surface area contributed by atoms with Gasteiger partial charge in [0.15, 0.2) is 0 Å². The van der Waals surface area contributed by atoms with Crippen LogP contribution in [0.3, 0.4) is 0 Å². The molecule has 92 valence electrons. The van der Waals surface area contributed by atoms with Gasteiger partial charge >= 0.3 is 0 Å². The molecule has 3 heteroatoms. The van der Waals surface area contributed by atoms with E-state index in [9.17, 15) is 0 Å². The number of benzene rings is 1. The second-order valence-electron chi connectivity index (χ2n) is 3.95. The first-order valence-corrected chi connectivity index (χ1v) is 6.14. The molecule has 17 heavy (non-hydrogen) atoms. The molecule has 1 N–H and O–H groups in total. The van der Waals surface area contributed by atoms with E-state index in [0.717, 1.165) is 39.1 Å². The zero-order valence-corrected chi connectivity index (χ0v) is 10.4. The second-order valence-corrected chi connectivity index (χ2v) is 3.95. The van der Waals surface area contributed by atoms with Gasteiger partial charge in [-0.2, -0.15) is 5.26 Å². The van der Waals surface area contributed by atoms with E-state index in [1.165, 1.54) is 5.56 Å². The second kappa shape index (κ2) is 8.74. The van der Waals surface area contributed by atoms with Gasteiger partial charge in [0.1, 0.15) is 0 Å². The topological polar surface area (TPSA) is 45.0 Å². The van der Waals surface area contributed by atoms with Gasteiger partial charge < -0.3 is 10.1 Å². The van der Waals surface area contributed by atoms with Crippen LogP contribution in [-0.4, -0.2) is 19.8 Å². The fourth-order valence-corrected chi connectivity index (χ4v) is 1.48. The molecule has 1 aromatic rings. The van der Waals surface area contributed by atoms with Gasteiger partial charge in [-0.3, -0.25) is 0 Å². The quantitative estimate of drug-likeness (QED) is 0.700. The van der Waals surface area contributed by atoms with Crippen LogP contribution in [0.4, 0.5) is 0 Å². The Morgan fingerprint density at radius 2 is 2.00 bits per heavy atom. The zero-order chi connectivity index (χ0) is 12.3. The maximum atomic E-state index is 8.67. The van der Waals surface area contributed by atoms with Gasteiger partial charge in [-0.25, -0.2) is 0 Å². The lowest BCUT2D eigenvalue weighted by atomic mass is 10.1. The third-order valence-corrected chi connectivity index (χ3v) is 2.40. The highest BCUT2D eigenvalue weighted by Crippen LogP contribution is 2.02. The third kappa shape index (κ3) is 6.06. The molecule has 3 nitrogen and oxygen atoms in total. The molecule has 0 fully saturated rings. The van der Waals surface area contributed by atoms with Crippen molar-refractivity contribution in [3.05, 3.63) is 35.4 Å². The average Bonchev–Trinajstić information content (AvgIpc) is 2.38. The standard InChI is InChI=1S/C14H20N2O/c1-2-9-17-10-3-8-16-12-14-6-4-13(11-15)5-7-14/h4-7,16H,2-3,8-10,12H2,1H3. The van der Waals surface area contributed by atoms with Crippen LogP contribution in [0.2, 0.25) is 0 Å². The van der Waals surface area contributed by atoms with Crippen molar-refractivity contribution in [2.24, 2.45) is 0 Å². The van der Waals surface area contributed by atoms with E-state index < -0.39 is 0 Å². The van der Waals surface area contributed by atoms with Gasteiger partial charge in [-0.1, -0.05) is 19.1 Å². The Kier molecular flexibility index (Phi) is 7.04. The van der Waals surface area contributed by atoms with Gasteiger partial charge in [0, 0.05) is 19.8 Å². The van der Waals surface area contributed by atoms with Crippen molar-refractivity contribution in [3.8, 4) is 6.07 Å². The molecule has 0 aliphatic heterocycles. The van der Waals surface area contributed by atoms with Gasteiger partial charge in [0.05, 0.1) is 11.6 Å². The van der Waals surface area contributed by atoms with Gasteiger partial charge in [-0.05, 0) is 37.1 Å². The fraction of sp³-hybridized carbons (Fsp3) is 0.500. The molecule has 0 bridgehead atoms. The number of nitriles is 1. The molecule has 0 heterocycles. The summed E-state index contributed by atoms with van der Waals surface area (Å²) in [5.74, 6) is 0. The van der Waals surface area contributed by atoms with E-state index in [-0.39, 0.29) is 0 Å². The van der Waals surface area contributed by atoms with E-state index in [1.807, 2.05) is 24.3 Å². The molecule has 0 radical (unpaired) electrons. The Hall–Kier alpha value is -1.37. The number of hydrogen-bond acceptors (Lipinski definition) is 3. The van der Waals surface area contributed by atoms with Crippen molar-refractivity contribution >= 4 is 0 Å². The molecule has 0 saturated carbocycles. The first-order valence-electron chi connectivity index (χ1n) is 6.14. The Bertz CT molecular complexity index is 340. The normalized spacial score (nSPS) is 10.1. The summed E-state index contributed by atoms with van der Waals surface area (Å²) in [5.41, 5.74) is 1.92. The fourth-order valence-electron chi connectivity index (χ4n) is 1.48. The van der Waals surface area contributed by atoms with E-state index >= 15 is 0 Å². The summed E-state index contributed by atoms with van der Waals surface area (Å²) in [6.45, 7) is 5.61. The number of hydrogen-bond donors (Lipinski definition) is 1. The van der Waals surface area contributed by atoms with Crippen LogP contribution in [0.5, 0.6) is 0 Å². The van der Waals surface area contributed by atoms with Crippen molar-refractivity contribution < 1.29 is 4.74 Å². The Morgan fingerprint density at radius 3 is 2.65 bits per heavy atom. The van der Waals surface area contributed by atoms with Crippen molar-refractivity contribution in [2.45, 2.75) is 26.3 Å². The van der Waals surface area contributed by atoms with Crippen LogP contribution in [0.25, 0.3) is 0 Å². The first-order chi connectivity index (χ1) is 8.36. The molecule has 0 unspecified atom stereocenters. The monoisotopic (exact) mass is 232 g/mol. The lowest BCUT2D eigenvalue weighted by Gasteiger charge is -2.05. The highest BCUT2D eigenvalue weighted by molar-refractivity contribution is 5.31. The number of nitrogens with zero attached hydrogens (tertiary/aromatic N) is 1. The number of rotatable bonds is 8. The largest absolute Gasteiger partial charge is 0.381 e. The summed E-state index contributed by atoms with van der Waals surface area (Å²) >= 11 is 0. The molecule has 0 saturated heterocycles. The number of nitrogens with one attached hydrogen (secondary N) is 1. The van der Waals surface area contributed by atoms with Crippen molar-refractivity contribution in [3.63, 3.8) is 0 Å². The molecular formula is C14H20N2O. The molecule has 0 amide bonds. The summed E-state index contributed by atoms with van der Waals surface area (Å²) in [7, 11) is 0. The lowest BCUT2D eigenvalue weighted by Crippen LogP contribution is -2.16. The minimum Gasteiger partial charge on any atom is -0.381 e. The minimum atomic E-state index is 0.710. The summed E-state index contributed by atoms with van der Waals surface area (Å²) in [6, 6.07) is 9.78. The van der Waals surface area contributed by atoms with Crippen molar-refractivity contribution in [1.82, 2.24) is 5.32 Å². The van der Waals surface area contributed by atoms with E-state index in [4.69, 9.17) is 10.00 Å². The van der Waals surface area contributed by atoms with Crippen LogP contribution in [0.15, 0.2) is 24.3 Å². The predicted octanol–water partition coefficient (Wildman–Crippen LogP) is 2.46. The Balaban J connectivity index is 2.08. The van der Waals surface area contributed by atoms with Crippen molar-refractivity contribution in [1.29, 1.82) is 5.26 Å². The van der Waals surface area contributed by atoms with Gasteiger partial charge in [0.2, 0.25) is 0 Å². The molecule has 1 aromatic carbocycles.